The molecule has 1 aromatic carbocycles. The van der Waals surface area contributed by atoms with Crippen LogP contribution >= 0.6 is 0 Å². The highest BCUT2D eigenvalue weighted by Crippen LogP contribution is 2.22. The fraction of sp³-hybridized carbons (Fsp3) is 0.421. The maximum Gasteiger partial charge on any atom is 0.253 e. The summed E-state index contributed by atoms with van der Waals surface area (Å²) < 4.78 is 2.04. The van der Waals surface area contributed by atoms with Crippen molar-refractivity contribution in [1.82, 2.24) is 9.47 Å². The molecule has 0 saturated heterocycles. The molecule has 0 spiro atoms. The van der Waals surface area contributed by atoms with Gasteiger partial charge in [0.1, 0.15) is 0 Å². The molecule has 0 radical (unpaired) electrons. The van der Waals surface area contributed by atoms with E-state index in [4.69, 9.17) is 0 Å². The maximum atomic E-state index is 12.7. The van der Waals surface area contributed by atoms with Crippen molar-refractivity contribution in [3.05, 3.63) is 54.4 Å². The molecule has 3 nitrogen and oxygen atoms in total. The minimum Gasteiger partial charge on any atom is -0.339 e. The lowest BCUT2D eigenvalue weighted by Crippen LogP contribution is -2.36. The van der Waals surface area contributed by atoms with Crippen LogP contribution in [0.4, 0.5) is 0 Å². The van der Waals surface area contributed by atoms with Gasteiger partial charge in [-0.05, 0) is 49.2 Å². The molecule has 3 heteroatoms. The summed E-state index contributed by atoms with van der Waals surface area (Å²) in [6.07, 6.45) is 11.4. The van der Waals surface area contributed by atoms with Crippen LogP contribution < -0.4 is 0 Å². The molecule has 1 heterocycles. The Bertz CT molecular complexity index is 593. The Kier molecular flexibility index (Phi) is 4.62. The second-order valence-electron chi connectivity index (χ2n) is 6.20. The van der Waals surface area contributed by atoms with Crippen molar-refractivity contribution in [2.75, 3.05) is 7.05 Å². The van der Waals surface area contributed by atoms with Crippen LogP contribution in [0.5, 0.6) is 0 Å². The van der Waals surface area contributed by atoms with E-state index >= 15 is 0 Å². The molecule has 3 rings (SSSR count). The number of carbonyl (C=O) groups is 1. The van der Waals surface area contributed by atoms with Crippen molar-refractivity contribution in [3.8, 4) is 5.69 Å². The Morgan fingerprint density at radius 2 is 1.59 bits per heavy atom. The van der Waals surface area contributed by atoms with Gasteiger partial charge in [0, 0.05) is 36.7 Å². The van der Waals surface area contributed by atoms with Crippen LogP contribution in [0.25, 0.3) is 5.69 Å². The zero-order valence-corrected chi connectivity index (χ0v) is 13.2. The van der Waals surface area contributed by atoms with Gasteiger partial charge in [-0.1, -0.05) is 25.7 Å². The molecular weight excluding hydrogens is 272 g/mol. The normalized spacial score (nSPS) is 16.2. The topological polar surface area (TPSA) is 25.2 Å². The SMILES string of the molecule is CN(C(=O)c1ccc(-n2cccc2)cc1)C1CCCCCC1. The lowest BCUT2D eigenvalue weighted by molar-refractivity contribution is 0.0717. The molecular formula is C19H24N2O. The molecule has 2 aromatic rings. The van der Waals surface area contributed by atoms with Crippen LogP contribution in [-0.4, -0.2) is 28.5 Å². The van der Waals surface area contributed by atoms with E-state index in [2.05, 4.69) is 0 Å². The highest BCUT2D eigenvalue weighted by Gasteiger charge is 2.22. The quantitative estimate of drug-likeness (QED) is 0.776. The number of hydrogen-bond acceptors (Lipinski definition) is 1. The summed E-state index contributed by atoms with van der Waals surface area (Å²) in [5, 5.41) is 0. The van der Waals surface area contributed by atoms with E-state index in [0.29, 0.717) is 6.04 Å². The average Bonchev–Trinajstić information content (AvgIpc) is 2.96. The van der Waals surface area contributed by atoms with Gasteiger partial charge in [0.25, 0.3) is 5.91 Å². The molecule has 1 saturated carbocycles. The number of hydrogen-bond donors (Lipinski definition) is 0. The zero-order valence-electron chi connectivity index (χ0n) is 13.2. The van der Waals surface area contributed by atoms with Crippen LogP contribution in [0.15, 0.2) is 48.8 Å². The largest absolute Gasteiger partial charge is 0.339 e. The molecule has 0 aliphatic heterocycles. The molecule has 22 heavy (non-hydrogen) atoms. The van der Waals surface area contributed by atoms with E-state index in [1.54, 1.807) is 0 Å². The average molecular weight is 296 g/mol. The van der Waals surface area contributed by atoms with Gasteiger partial charge in [0.15, 0.2) is 0 Å². The lowest BCUT2D eigenvalue weighted by atomic mass is 10.1. The third-order valence-corrected chi connectivity index (χ3v) is 4.71. The smallest absolute Gasteiger partial charge is 0.253 e. The first-order chi connectivity index (χ1) is 10.8. The fourth-order valence-corrected chi connectivity index (χ4v) is 3.30. The summed E-state index contributed by atoms with van der Waals surface area (Å²) in [6.45, 7) is 0. The number of aromatic nitrogens is 1. The highest BCUT2D eigenvalue weighted by molar-refractivity contribution is 5.94. The Labute approximate surface area is 132 Å². The fourth-order valence-electron chi connectivity index (χ4n) is 3.30. The number of benzene rings is 1. The monoisotopic (exact) mass is 296 g/mol. The van der Waals surface area contributed by atoms with Crippen LogP contribution in [-0.2, 0) is 0 Å². The predicted octanol–water partition coefficient (Wildman–Crippen LogP) is 4.27. The van der Waals surface area contributed by atoms with Gasteiger partial charge in [-0.2, -0.15) is 0 Å². The molecule has 1 amide bonds. The van der Waals surface area contributed by atoms with Gasteiger partial charge >= 0.3 is 0 Å². The van der Waals surface area contributed by atoms with Gasteiger partial charge < -0.3 is 9.47 Å². The Morgan fingerprint density at radius 3 is 2.18 bits per heavy atom. The third kappa shape index (κ3) is 3.24. The van der Waals surface area contributed by atoms with Crippen molar-refractivity contribution < 1.29 is 4.79 Å². The Balaban J connectivity index is 1.71. The third-order valence-electron chi connectivity index (χ3n) is 4.71. The first kappa shape index (κ1) is 14.9. The molecule has 116 valence electrons. The lowest BCUT2D eigenvalue weighted by Gasteiger charge is -2.27. The summed E-state index contributed by atoms with van der Waals surface area (Å²) in [6, 6.07) is 12.3. The van der Waals surface area contributed by atoms with E-state index in [1.807, 2.05) is 65.3 Å². The molecule has 0 bridgehead atoms. The van der Waals surface area contributed by atoms with Crippen molar-refractivity contribution in [2.24, 2.45) is 0 Å². The molecule has 0 unspecified atom stereocenters. The van der Waals surface area contributed by atoms with E-state index < -0.39 is 0 Å². The first-order valence-corrected chi connectivity index (χ1v) is 8.26. The molecule has 1 aliphatic carbocycles. The van der Waals surface area contributed by atoms with Crippen molar-refractivity contribution in [3.63, 3.8) is 0 Å². The minimum absolute atomic E-state index is 0.144. The number of carbonyl (C=O) groups excluding carboxylic acids is 1. The van der Waals surface area contributed by atoms with Gasteiger partial charge in [0.2, 0.25) is 0 Å². The van der Waals surface area contributed by atoms with Crippen LogP contribution in [0.2, 0.25) is 0 Å². The highest BCUT2D eigenvalue weighted by atomic mass is 16.2. The zero-order chi connectivity index (χ0) is 15.4. The summed E-state index contributed by atoms with van der Waals surface area (Å²) in [5.74, 6) is 0.144. The van der Waals surface area contributed by atoms with Gasteiger partial charge in [0.05, 0.1) is 0 Å². The number of amides is 1. The van der Waals surface area contributed by atoms with E-state index in [9.17, 15) is 4.79 Å². The van der Waals surface area contributed by atoms with E-state index in [0.717, 1.165) is 24.1 Å². The predicted molar refractivity (Wildman–Crippen MR) is 89.4 cm³/mol. The van der Waals surface area contributed by atoms with Crippen molar-refractivity contribution in [1.29, 1.82) is 0 Å². The summed E-state index contributed by atoms with van der Waals surface area (Å²) in [7, 11) is 1.96. The maximum absolute atomic E-state index is 12.7. The Morgan fingerprint density at radius 1 is 1.00 bits per heavy atom. The first-order valence-electron chi connectivity index (χ1n) is 8.26. The molecule has 0 N–H and O–H groups in total. The van der Waals surface area contributed by atoms with Crippen molar-refractivity contribution in [2.45, 2.75) is 44.6 Å². The molecule has 1 fully saturated rings. The summed E-state index contributed by atoms with van der Waals surface area (Å²) in [4.78, 5) is 14.6. The number of rotatable bonds is 3. The van der Waals surface area contributed by atoms with Crippen LogP contribution in [0, 0.1) is 0 Å². The van der Waals surface area contributed by atoms with Gasteiger partial charge in [-0.15, -0.1) is 0 Å². The molecule has 1 aliphatic rings. The van der Waals surface area contributed by atoms with Crippen LogP contribution in [0.1, 0.15) is 48.9 Å². The van der Waals surface area contributed by atoms with E-state index in [-0.39, 0.29) is 5.91 Å². The molecule has 0 atom stereocenters. The Hall–Kier alpha value is -2.03. The minimum atomic E-state index is 0.144. The second kappa shape index (κ2) is 6.82. The van der Waals surface area contributed by atoms with Crippen molar-refractivity contribution >= 4 is 5.91 Å². The summed E-state index contributed by atoms with van der Waals surface area (Å²) >= 11 is 0. The number of nitrogens with zero attached hydrogens (tertiary/aromatic N) is 2. The second-order valence-corrected chi connectivity index (χ2v) is 6.20. The van der Waals surface area contributed by atoms with Gasteiger partial charge in [-0.25, -0.2) is 0 Å². The summed E-state index contributed by atoms with van der Waals surface area (Å²) in [5.41, 5.74) is 1.86. The standard InChI is InChI=1S/C19H24N2O/c1-20(17-8-4-2-3-5-9-17)19(22)16-10-12-18(13-11-16)21-14-6-7-15-21/h6-7,10-15,17H,2-5,8-9H2,1H3. The van der Waals surface area contributed by atoms with E-state index in [1.165, 1.54) is 25.7 Å². The molecule has 1 aromatic heterocycles. The van der Waals surface area contributed by atoms with Crippen LogP contribution in [0.3, 0.4) is 0 Å². The van der Waals surface area contributed by atoms with Gasteiger partial charge in [-0.3, -0.25) is 4.79 Å².